The van der Waals surface area contributed by atoms with E-state index in [4.69, 9.17) is 17.0 Å². The van der Waals surface area contributed by atoms with Gasteiger partial charge in [-0.05, 0) is 30.7 Å². The summed E-state index contributed by atoms with van der Waals surface area (Å²) in [5, 5.41) is 0. The largest absolute Gasteiger partial charge is 0.387 e. The number of amidine groups is 1. The SMILES string of the molecule is [C-]#[N+]c1ccc(C(=O)Cc2ccc(F)c([C@]3(C)COCCC(N)=N3)c2)nc1. The van der Waals surface area contributed by atoms with E-state index in [1.54, 1.807) is 25.1 Å². The molecule has 2 N–H and O–H groups in total. The van der Waals surface area contributed by atoms with Gasteiger partial charge >= 0.3 is 0 Å². The fraction of sp³-hybridized carbons (Fsp3) is 0.300. The van der Waals surface area contributed by atoms with E-state index in [1.807, 2.05) is 0 Å². The van der Waals surface area contributed by atoms with Crippen molar-refractivity contribution < 1.29 is 13.9 Å². The molecule has 27 heavy (non-hydrogen) atoms. The normalized spacial score (nSPS) is 19.7. The Morgan fingerprint density at radius 2 is 2.22 bits per heavy atom. The maximum Gasteiger partial charge on any atom is 0.205 e. The van der Waals surface area contributed by atoms with Crippen molar-refractivity contribution in [3.05, 3.63) is 70.6 Å². The molecule has 0 unspecified atom stereocenters. The van der Waals surface area contributed by atoms with Crippen LogP contribution in [-0.2, 0) is 16.7 Å². The highest BCUT2D eigenvalue weighted by atomic mass is 19.1. The third-order valence-electron chi connectivity index (χ3n) is 4.41. The molecule has 0 spiro atoms. The van der Waals surface area contributed by atoms with Crippen LogP contribution in [0.4, 0.5) is 10.1 Å². The van der Waals surface area contributed by atoms with Crippen LogP contribution in [0.15, 0.2) is 41.5 Å². The minimum absolute atomic E-state index is 0.0633. The Balaban J connectivity index is 1.87. The maximum atomic E-state index is 14.5. The van der Waals surface area contributed by atoms with Gasteiger partial charge in [-0.3, -0.25) is 14.8 Å². The lowest BCUT2D eigenvalue weighted by Gasteiger charge is -2.25. The molecule has 2 aromatic rings. The summed E-state index contributed by atoms with van der Waals surface area (Å²) >= 11 is 0. The molecule has 0 saturated carbocycles. The van der Waals surface area contributed by atoms with Crippen LogP contribution in [0.5, 0.6) is 0 Å². The molecule has 0 radical (unpaired) electrons. The van der Waals surface area contributed by atoms with Crippen molar-refractivity contribution in [3.63, 3.8) is 0 Å². The Hall–Kier alpha value is -3.11. The number of nitrogens with two attached hydrogens (primary N) is 1. The van der Waals surface area contributed by atoms with Gasteiger partial charge in [0.15, 0.2) is 5.78 Å². The van der Waals surface area contributed by atoms with Crippen LogP contribution in [0.3, 0.4) is 0 Å². The highest BCUT2D eigenvalue weighted by Gasteiger charge is 2.32. The van der Waals surface area contributed by atoms with Crippen molar-refractivity contribution in [3.8, 4) is 0 Å². The second-order valence-corrected chi connectivity index (χ2v) is 6.61. The molecule has 0 fully saturated rings. The van der Waals surface area contributed by atoms with Gasteiger partial charge in [-0.25, -0.2) is 9.24 Å². The van der Waals surface area contributed by atoms with E-state index in [2.05, 4.69) is 14.8 Å². The molecule has 7 heteroatoms. The minimum atomic E-state index is -0.945. The first-order valence-corrected chi connectivity index (χ1v) is 8.49. The Labute approximate surface area is 156 Å². The number of nitrogens with zero attached hydrogens (tertiary/aromatic N) is 3. The number of benzene rings is 1. The van der Waals surface area contributed by atoms with Crippen LogP contribution in [0, 0.1) is 12.4 Å². The summed E-state index contributed by atoms with van der Waals surface area (Å²) in [6, 6.07) is 7.59. The molecule has 1 aliphatic heterocycles. The molecule has 3 rings (SSSR count). The zero-order valence-corrected chi connectivity index (χ0v) is 14.9. The number of carbonyl (C=O) groups is 1. The van der Waals surface area contributed by atoms with Crippen molar-refractivity contribution in [2.75, 3.05) is 13.2 Å². The summed E-state index contributed by atoms with van der Waals surface area (Å²) < 4.78 is 20.1. The molecule has 2 heterocycles. The quantitative estimate of drug-likeness (QED) is 0.665. The number of halogens is 1. The van der Waals surface area contributed by atoms with Gasteiger partial charge in [0, 0.05) is 24.6 Å². The molecular weight excluding hydrogens is 347 g/mol. The number of Topliss-reactive ketones (excluding diaryl/α,β-unsaturated/α-hetero) is 1. The van der Waals surface area contributed by atoms with Gasteiger partial charge in [0.25, 0.3) is 0 Å². The van der Waals surface area contributed by atoms with Crippen LogP contribution >= 0.6 is 0 Å². The molecule has 0 saturated heterocycles. The van der Waals surface area contributed by atoms with Crippen molar-refractivity contribution in [2.45, 2.75) is 25.3 Å². The number of pyridine rings is 1. The molecule has 0 aliphatic carbocycles. The van der Waals surface area contributed by atoms with Crippen molar-refractivity contribution in [1.82, 2.24) is 4.98 Å². The van der Waals surface area contributed by atoms with Gasteiger partial charge in [-0.15, -0.1) is 0 Å². The van der Waals surface area contributed by atoms with Crippen molar-refractivity contribution in [1.29, 1.82) is 0 Å². The van der Waals surface area contributed by atoms with Crippen LogP contribution in [0.2, 0.25) is 0 Å². The number of hydrogen-bond acceptors (Lipinski definition) is 5. The summed E-state index contributed by atoms with van der Waals surface area (Å²) in [5.41, 5.74) is 6.55. The number of aromatic nitrogens is 1. The van der Waals surface area contributed by atoms with Gasteiger partial charge in [0.2, 0.25) is 5.69 Å². The average Bonchev–Trinajstić information content (AvgIpc) is 2.84. The fourth-order valence-corrected chi connectivity index (χ4v) is 2.98. The van der Waals surface area contributed by atoms with E-state index < -0.39 is 11.4 Å². The molecular formula is C20H19FN4O2. The second kappa shape index (κ2) is 7.64. The van der Waals surface area contributed by atoms with E-state index in [-0.39, 0.29) is 24.5 Å². The zero-order chi connectivity index (χ0) is 19.4. The molecule has 0 bridgehead atoms. The van der Waals surface area contributed by atoms with Gasteiger partial charge in [-0.1, -0.05) is 12.1 Å². The van der Waals surface area contributed by atoms with E-state index >= 15 is 0 Å². The minimum Gasteiger partial charge on any atom is -0.387 e. The van der Waals surface area contributed by atoms with Crippen LogP contribution < -0.4 is 5.73 Å². The van der Waals surface area contributed by atoms with E-state index in [9.17, 15) is 9.18 Å². The lowest BCUT2D eigenvalue weighted by molar-refractivity contribution is 0.0987. The average molecular weight is 366 g/mol. The Morgan fingerprint density at radius 3 is 2.93 bits per heavy atom. The lowest BCUT2D eigenvalue weighted by atomic mass is 9.90. The number of carbonyl (C=O) groups excluding carboxylic acids is 1. The van der Waals surface area contributed by atoms with E-state index in [1.165, 1.54) is 18.3 Å². The van der Waals surface area contributed by atoms with Gasteiger partial charge < -0.3 is 10.5 Å². The predicted molar refractivity (Wildman–Crippen MR) is 99.3 cm³/mol. The summed E-state index contributed by atoms with van der Waals surface area (Å²) in [4.78, 5) is 24.2. The molecule has 1 aromatic heterocycles. The lowest BCUT2D eigenvalue weighted by Crippen LogP contribution is -2.28. The highest BCUT2D eigenvalue weighted by Crippen LogP contribution is 2.31. The van der Waals surface area contributed by atoms with E-state index in [0.717, 1.165) is 0 Å². The number of rotatable bonds is 4. The maximum absolute atomic E-state index is 14.5. The predicted octanol–water partition coefficient (Wildman–Crippen LogP) is 3.19. The fourth-order valence-electron chi connectivity index (χ4n) is 2.98. The van der Waals surface area contributed by atoms with Gasteiger partial charge in [-0.2, -0.15) is 0 Å². The van der Waals surface area contributed by atoms with Gasteiger partial charge in [0.1, 0.15) is 17.1 Å². The van der Waals surface area contributed by atoms with Gasteiger partial charge in [0.05, 0.1) is 25.6 Å². The molecule has 138 valence electrons. The second-order valence-electron chi connectivity index (χ2n) is 6.61. The number of ether oxygens (including phenoxy) is 1. The number of hydrogen-bond donors (Lipinski definition) is 1. The monoisotopic (exact) mass is 366 g/mol. The number of aliphatic imine (C=N–C) groups is 1. The molecule has 1 aliphatic rings. The van der Waals surface area contributed by atoms with Crippen LogP contribution in [0.1, 0.15) is 35.0 Å². The summed E-state index contributed by atoms with van der Waals surface area (Å²) in [6.45, 7) is 9.34. The third-order valence-corrected chi connectivity index (χ3v) is 4.41. The summed E-state index contributed by atoms with van der Waals surface area (Å²) in [6.07, 6.45) is 1.92. The van der Waals surface area contributed by atoms with E-state index in [0.29, 0.717) is 35.7 Å². The first-order valence-electron chi connectivity index (χ1n) is 8.49. The topological polar surface area (TPSA) is 81.9 Å². The van der Waals surface area contributed by atoms with Crippen LogP contribution in [-0.4, -0.2) is 29.8 Å². The zero-order valence-electron chi connectivity index (χ0n) is 14.9. The third kappa shape index (κ3) is 4.18. The Kier molecular flexibility index (Phi) is 5.28. The Morgan fingerprint density at radius 1 is 1.41 bits per heavy atom. The van der Waals surface area contributed by atoms with Crippen molar-refractivity contribution in [2.24, 2.45) is 10.7 Å². The van der Waals surface area contributed by atoms with Crippen LogP contribution in [0.25, 0.3) is 4.85 Å². The molecule has 1 aromatic carbocycles. The van der Waals surface area contributed by atoms with Crippen molar-refractivity contribution >= 4 is 17.3 Å². The molecule has 0 amide bonds. The standard InChI is InChI=1S/C20H19FN4O2/c1-20(12-27-8-7-19(22)25-20)15-9-13(3-5-16(15)21)10-18(26)17-6-4-14(23-2)11-24-17/h3-6,9,11H,7-8,10,12H2,1H3,(H2,22,25)/t20-/m0/s1. The number of ketones is 1. The first-order chi connectivity index (χ1) is 12.9. The first kappa shape index (κ1) is 18.7. The smallest absolute Gasteiger partial charge is 0.205 e. The Bertz CT molecular complexity index is 934. The summed E-state index contributed by atoms with van der Waals surface area (Å²) in [5.74, 6) is -0.218. The summed E-state index contributed by atoms with van der Waals surface area (Å²) in [7, 11) is 0. The highest BCUT2D eigenvalue weighted by molar-refractivity contribution is 5.96. The molecule has 6 nitrogen and oxygen atoms in total. The molecule has 1 atom stereocenters.